The van der Waals surface area contributed by atoms with Gasteiger partial charge in [-0.1, -0.05) is 164 Å². The number of fused-ring (bicyclic) bond motifs is 14. The lowest BCUT2D eigenvalue weighted by molar-refractivity contribution is 1.62. The largest absolute Gasteiger partial charge is 0.134 e. The fraction of sp³-hybridized carbons (Fsp3) is 0. The minimum atomic E-state index is 1.22. The molecular formula is C54H32S. The first-order valence-corrected chi connectivity index (χ1v) is 19.8. The van der Waals surface area contributed by atoms with Gasteiger partial charge in [-0.15, -0.1) is 11.3 Å². The van der Waals surface area contributed by atoms with Gasteiger partial charge < -0.3 is 0 Å². The second-order valence-electron chi connectivity index (χ2n) is 14.8. The third kappa shape index (κ3) is 4.70. The van der Waals surface area contributed by atoms with E-state index < -0.39 is 0 Å². The van der Waals surface area contributed by atoms with E-state index in [1.165, 1.54) is 118 Å². The molecular weight excluding hydrogens is 681 g/mol. The van der Waals surface area contributed by atoms with Crippen LogP contribution in [0, 0.1) is 0 Å². The number of hydrogen-bond acceptors (Lipinski definition) is 1. The third-order valence-corrected chi connectivity index (χ3v) is 13.0. The van der Waals surface area contributed by atoms with Crippen molar-refractivity contribution < 1.29 is 0 Å². The molecule has 55 heavy (non-hydrogen) atoms. The zero-order chi connectivity index (χ0) is 36.0. The topological polar surface area (TPSA) is 0 Å². The predicted molar refractivity (Wildman–Crippen MR) is 241 cm³/mol. The Balaban J connectivity index is 1.03. The van der Waals surface area contributed by atoms with Crippen molar-refractivity contribution in [1.29, 1.82) is 0 Å². The standard InChI is InChI=1S/C54H32S/c1-2-10-33(11-3-1)41-18-9-19-43-45(41)24-22-34-20-21-39(29-49(34)43)35-14-8-15-36(28-35)40-23-25-47-50(30-40)44-17-7-6-16-42(44)46-26-27-48-51-31-37-12-4-5-13-38(37)32-52(51)55-54(48)53(46)47/h1-32H. The van der Waals surface area contributed by atoms with Crippen LogP contribution in [0.5, 0.6) is 0 Å². The summed E-state index contributed by atoms with van der Waals surface area (Å²) in [5, 5.41) is 18.3. The Morgan fingerprint density at radius 2 is 0.800 bits per heavy atom. The van der Waals surface area contributed by atoms with E-state index in [1.807, 2.05) is 11.3 Å². The molecule has 0 fully saturated rings. The van der Waals surface area contributed by atoms with Gasteiger partial charge in [-0.2, -0.15) is 0 Å². The molecule has 0 unspecified atom stereocenters. The van der Waals surface area contributed by atoms with Crippen LogP contribution in [0.25, 0.3) is 118 Å². The minimum absolute atomic E-state index is 1.22. The molecule has 0 aliphatic heterocycles. The van der Waals surface area contributed by atoms with E-state index >= 15 is 0 Å². The molecule has 12 aromatic rings. The molecule has 1 heterocycles. The summed E-state index contributed by atoms with van der Waals surface area (Å²) >= 11 is 1.93. The molecule has 12 rings (SSSR count). The van der Waals surface area contributed by atoms with E-state index in [2.05, 4.69) is 194 Å². The zero-order valence-corrected chi connectivity index (χ0v) is 30.7. The molecule has 0 aliphatic carbocycles. The van der Waals surface area contributed by atoms with Crippen molar-refractivity contribution in [2.24, 2.45) is 0 Å². The van der Waals surface area contributed by atoms with Gasteiger partial charge in [-0.05, 0) is 123 Å². The van der Waals surface area contributed by atoms with Crippen molar-refractivity contribution in [3.8, 4) is 33.4 Å². The van der Waals surface area contributed by atoms with Gasteiger partial charge in [0.05, 0.1) is 0 Å². The summed E-state index contributed by atoms with van der Waals surface area (Å²) in [6.45, 7) is 0. The Morgan fingerprint density at radius 1 is 0.255 bits per heavy atom. The number of hydrogen-bond donors (Lipinski definition) is 0. The van der Waals surface area contributed by atoms with Crippen LogP contribution in [-0.4, -0.2) is 0 Å². The van der Waals surface area contributed by atoms with Gasteiger partial charge in [0.2, 0.25) is 0 Å². The van der Waals surface area contributed by atoms with Gasteiger partial charge in [0.25, 0.3) is 0 Å². The highest BCUT2D eigenvalue weighted by Crippen LogP contribution is 2.46. The normalized spacial score (nSPS) is 12.0. The number of benzene rings is 11. The minimum Gasteiger partial charge on any atom is -0.134 e. The van der Waals surface area contributed by atoms with E-state index in [0.717, 1.165) is 0 Å². The first-order chi connectivity index (χ1) is 27.2. The molecule has 0 N–H and O–H groups in total. The monoisotopic (exact) mass is 712 g/mol. The van der Waals surface area contributed by atoms with Gasteiger partial charge in [-0.3, -0.25) is 0 Å². The lowest BCUT2D eigenvalue weighted by atomic mass is 9.90. The first kappa shape index (κ1) is 30.6. The van der Waals surface area contributed by atoms with Crippen LogP contribution in [0.2, 0.25) is 0 Å². The molecule has 0 spiro atoms. The van der Waals surface area contributed by atoms with Crippen molar-refractivity contribution in [2.75, 3.05) is 0 Å². The Labute approximate surface area is 322 Å². The third-order valence-electron chi connectivity index (χ3n) is 11.8. The second kappa shape index (κ2) is 11.9. The Hall–Kier alpha value is -6.80. The van der Waals surface area contributed by atoms with E-state index in [0.29, 0.717) is 0 Å². The highest BCUT2D eigenvalue weighted by molar-refractivity contribution is 7.27. The summed E-state index contributed by atoms with van der Waals surface area (Å²) in [4.78, 5) is 0. The number of rotatable bonds is 3. The van der Waals surface area contributed by atoms with Crippen molar-refractivity contribution >= 4 is 96.1 Å². The molecule has 0 bridgehead atoms. The summed E-state index contributed by atoms with van der Waals surface area (Å²) in [6.07, 6.45) is 0. The maximum Gasteiger partial charge on any atom is 0.0440 e. The summed E-state index contributed by atoms with van der Waals surface area (Å²) in [5.74, 6) is 0. The van der Waals surface area contributed by atoms with Crippen molar-refractivity contribution in [2.45, 2.75) is 0 Å². The van der Waals surface area contributed by atoms with Gasteiger partial charge >= 0.3 is 0 Å². The van der Waals surface area contributed by atoms with Crippen LogP contribution in [0.1, 0.15) is 0 Å². The summed E-state index contributed by atoms with van der Waals surface area (Å²) < 4.78 is 2.71. The Kier molecular flexibility index (Phi) is 6.60. The molecule has 0 saturated carbocycles. The van der Waals surface area contributed by atoms with E-state index in [4.69, 9.17) is 0 Å². The van der Waals surface area contributed by atoms with E-state index in [-0.39, 0.29) is 0 Å². The highest BCUT2D eigenvalue weighted by Gasteiger charge is 2.16. The fourth-order valence-corrected chi connectivity index (χ4v) is 10.4. The van der Waals surface area contributed by atoms with Gasteiger partial charge in [0, 0.05) is 25.6 Å². The molecule has 1 heteroatoms. The summed E-state index contributed by atoms with van der Waals surface area (Å²) in [6, 6.07) is 72.2. The van der Waals surface area contributed by atoms with Crippen LogP contribution >= 0.6 is 11.3 Å². The zero-order valence-electron chi connectivity index (χ0n) is 29.9. The molecule has 0 saturated heterocycles. The summed E-state index contributed by atoms with van der Waals surface area (Å²) in [7, 11) is 0. The van der Waals surface area contributed by atoms with Crippen molar-refractivity contribution in [3.05, 3.63) is 194 Å². The molecule has 0 amide bonds. The fourth-order valence-electron chi connectivity index (χ4n) is 9.15. The number of thiophene rings is 1. The van der Waals surface area contributed by atoms with Gasteiger partial charge in [0.1, 0.15) is 0 Å². The molecule has 254 valence electrons. The van der Waals surface area contributed by atoms with Gasteiger partial charge in [0.15, 0.2) is 0 Å². The van der Waals surface area contributed by atoms with Crippen molar-refractivity contribution in [3.63, 3.8) is 0 Å². The molecule has 0 atom stereocenters. The van der Waals surface area contributed by atoms with Crippen LogP contribution in [-0.2, 0) is 0 Å². The lowest BCUT2D eigenvalue weighted by Crippen LogP contribution is -1.87. The average molecular weight is 713 g/mol. The lowest BCUT2D eigenvalue weighted by Gasteiger charge is -2.14. The average Bonchev–Trinajstić information content (AvgIpc) is 3.62. The second-order valence-corrected chi connectivity index (χ2v) is 15.9. The summed E-state index contributed by atoms with van der Waals surface area (Å²) in [5.41, 5.74) is 7.41. The SMILES string of the molecule is c1ccc(-c2cccc3c2ccc2ccc(-c4cccc(-c5ccc6c(c5)c5ccccc5c5ccc7c8cc9ccccc9cc8sc7c56)c4)cc23)cc1. The molecule has 0 nitrogen and oxygen atoms in total. The first-order valence-electron chi connectivity index (χ1n) is 19.0. The van der Waals surface area contributed by atoms with Crippen LogP contribution < -0.4 is 0 Å². The maximum atomic E-state index is 2.43. The maximum absolute atomic E-state index is 2.43. The van der Waals surface area contributed by atoms with E-state index in [1.54, 1.807) is 0 Å². The van der Waals surface area contributed by atoms with Crippen LogP contribution in [0.3, 0.4) is 0 Å². The Bertz CT molecular complexity index is 3530. The molecule has 1 aromatic heterocycles. The van der Waals surface area contributed by atoms with Crippen LogP contribution in [0.4, 0.5) is 0 Å². The van der Waals surface area contributed by atoms with E-state index in [9.17, 15) is 0 Å². The highest BCUT2D eigenvalue weighted by atomic mass is 32.1. The van der Waals surface area contributed by atoms with Crippen molar-refractivity contribution in [1.82, 2.24) is 0 Å². The smallest absolute Gasteiger partial charge is 0.0440 e. The van der Waals surface area contributed by atoms with Gasteiger partial charge in [-0.25, -0.2) is 0 Å². The molecule has 11 aromatic carbocycles. The Morgan fingerprint density at radius 3 is 1.64 bits per heavy atom. The van der Waals surface area contributed by atoms with Crippen LogP contribution in [0.15, 0.2) is 194 Å². The quantitative estimate of drug-likeness (QED) is 0.160. The predicted octanol–water partition coefficient (Wildman–Crippen LogP) is 16.0. The molecule has 0 aliphatic rings. The molecule has 0 radical (unpaired) electrons.